The average Bonchev–Trinajstić information content (AvgIpc) is 3.28. The van der Waals surface area contributed by atoms with Gasteiger partial charge in [0.2, 0.25) is 0 Å². The molecular formula is C26H26ClFN6O3. The van der Waals surface area contributed by atoms with Gasteiger partial charge in [0.05, 0.1) is 25.3 Å². The van der Waals surface area contributed by atoms with Crippen molar-refractivity contribution in [3.63, 3.8) is 0 Å². The molecule has 192 valence electrons. The number of nitrogens with one attached hydrogen (secondary N) is 2. The third kappa shape index (κ3) is 5.62. The molecule has 4 N–H and O–H groups in total. The van der Waals surface area contributed by atoms with E-state index >= 15 is 0 Å². The zero-order valence-electron chi connectivity index (χ0n) is 19.7. The van der Waals surface area contributed by atoms with Crippen molar-refractivity contribution in [1.29, 1.82) is 0 Å². The zero-order chi connectivity index (χ0) is 25.0. The molecule has 37 heavy (non-hydrogen) atoms. The summed E-state index contributed by atoms with van der Waals surface area (Å²) in [4.78, 5) is 8.82. The maximum absolute atomic E-state index is 14.4. The number of para-hydroxylation sites is 1. The van der Waals surface area contributed by atoms with E-state index in [-0.39, 0.29) is 31.4 Å². The first-order valence-electron chi connectivity index (χ1n) is 11.4. The number of anilines is 1. The Kier molecular flexibility index (Phi) is 8.14. The normalized spacial score (nSPS) is 17.5. The maximum atomic E-state index is 14.4. The average molecular weight is 525 g/mol. The van der Waals surface area contributed by atoms with E-state index in [1.807, 2.05) is 24.3 Å². The molecule has 9 nitrogen and oxygen atoms in total. The molecule has 1 unspecified atom stereocenters. The van der Waals surface area contributed by atoms with Crippen LogP contribution in [0.15, 0.2) is 90.3 Å². The lowest BCUT2D eigenvalue weighted by atomic mass is 10.1. The van der Waals surface area contributed by atoms with Gasteiger partial charge in [-0.3, -0.25) is 9.67 Å². The number of aliphatic hydroxyl groups excluding tert-OH is 2. The van der Waals surface area contributed by atoms with Crippen molar-refractivity contribution in [1.82, 2.24) is 20.1 Å². The molecule has 0 radical (unpaired) electrons. The molecule has 0 spiro atoms. The number of aromatic nitrogens is 3. The van der Waals surface area contributed by atoms with Crippen LogP contribution in [0.3, 0.4) is 0 Å². The van der Waals surface area contributed by atoms with Gasteiger partial charge in [-0.25, -0.2) is 9.38 Å². The second-order valence-corrected chi connectivity index (χ2v) is 8.24. The minimum atomic E-state index is -1.53. The Bertz CT molecular complexity index is 1410. The van der Waals surface area contributed by atoms with Gasteiger partial charge in [-0.05, 0) is 30.3 Å². The van der Waals surface area contributed by atoms with Crippen molar-refractivity contribution < 1.29 is 19.3 Å². The van der Waals surface area contributed by atoms with Crippen molar-refractivity contribution in [2.45, 2.75) is 18.5 Å². The van der Waals surface area contributed by atoms with E-state index in [9.17, 15) is 14.6 Å². The number of benzene rings is 2. The monoisotopic (exact) mass is 524 g/mol. The largest absolute Gasteiger partial charge is 0.394 e. The van der Waals surface area contributed by atoms with Gasteiger partial charge < -0.3 is 25.6 Å². The number of hydrogen-bond donors (Lipinski definition) is 4. The third-order valence-corrected chi connectivity index (χ3v) is 5.70. The summed E-state index contributed by atoms with van der Waals surface area (Å²) < 4.78 is 22.3. The number of aliphatic hydroxyl groups is 2. The van der Waals surface area contributed by atoms with E-state index in [1.165, 1.54) is 6.07 Å². The molecule has 1 aliphatic heterocycles. The number of halogens is 2. The SMILES string of the molecule is Cl.OC[C@@H](O)COC1(c2nn(Cc3ccccc3F)c3ccccc23)N=C(Nc2ccncc2)C=CN1. The van der Waals surface area contributed by atoms with Gasteiger partial charge in [0.25, 0.3) is 5.85 Å². The second-order valence-electron chi connectivity index (χ2n) is 8.24. The first kappa shape index (κ1) is 26.2. The van der Waals surface area contributed by atoms with Crippen LogP contribution in [-0.2, 0) is 17.1 Å². The highest BCUT2D eigenvalue weighted by Gasteiger charge is 2.40. The standard InChI is InChI=1S/C26H25FN6O3.ClH/c27-22-7-3-1-5-18(22)15-33-23-8-4-2-6-21(23)25(32-33)26(36-17-20(35)16-34)29-14-11-24(31-26)30-19-9-12-28-13-10-19;/h1-14,20,29,34-35H,15-17H2,(H,28,30,31);1H/t20-,26?;/m1./s1. The topological polar surface area (TPSA) is 117 Å². The van der Waals surface area contributed by atoms with Gasteiger partial charge in [0.15, 0.2) is 0 Å². The number of amidine groups is 1. The van der Waals surface area contributed by atoms with Gasteiger partial charge in [-0.15, -0.1) is 12.4 Å². The molecular weight excluding hydrogens is 499 g/mol. The summed E-state index contributed by atoms with van der Waals surface area (Å²) in [5, 5.41) is 31.3. The summed E-state index contributed by atoms with van der Waals surface area (Å²) in [6, 6.07) is 17.7. The molecule has 0 fully saturated rings. The van der Waals surface area contributed by atoms with Gasteiger partial charge in [0, 0.05) is 35.2 Å². The molecule has 2 aromatic heterocycles. The first-order valence-corrected chi connectivity index (χ1v) is 11.4. The van der Waals surface area contributed by atoms with Crippen LogP contribution in [0.4, 0.5) is 10.1 Å². The Morgan fingerprint density at radius 3 is 2.62 bits per heavy atom. The Morgan fingerprint density at radius 2 is 1.84 bits per heavy atom. The van der Waals surface area contributed by atoms with E-state index in [4.69, 9.17) is 14.8 Å². The summed E-state index contributed by atoms with van der Waals surface area (Å²) in [5.41, 5.74) is 2.45. The number of rotatable bonds is 8. The van der Waals surface area contributed by atoms with Crippen LogP contribution in [0.1, 0.15) is 11.3 Å². The molecule has 0 bridgehead atoms. The molecule has 0 aliphatic carbocycles. The van der Waals surface area contributed by atoms with Gasteiger partial charge >= 0.3 is 0 Å². The molecule has 3 heterocycles. The summed E-state index contributed by atoms with van der Waals surface area (Å²) in [5.74, 6) is -1.37. The summed E-state index contributed by atoms with van der Waals surface area (Å²) >= 11 is 0. The van der Waals surface area contributed by atoms with Crippen LogP contribution in [-0.4, -0.2) is 50.1 Å². The minimum Gasteiger partial charge on any atom is -0.394 e. The lowest BCUT2D eigenvalue weighted by Crippen LogP contribution is -2.46. The van der Waals surface area contributed by atoms with Crippen LogP contribution in [0, 0.1) is 5.82 Å². The summed E-state index contributed by atoms with van der Waals surface area (Å²) in [6.07, 6.45) is 5.61. The molecule has 4 aromatic rings. The number of pyridine rings is 1. The van der Waals surface area contributed by atoms with Crippen LogP contribution in [0.2, 0.25) is 0 Å². The highest BCUT2D eigenvalue weighted by atomic mass is 35.5. The van der Waals surface area contributed by atoms with E-state index in [2.05, 4.69) is 15.6 Å². The van der Waals surface area contributed by atoms with Gasteiger partial charge in [-0.1, -0.05) is 36.4 Å². The number of ether oxygens (including phenoxy) is 1. The Balaban J connectivity index is 0.00000320. The first-order chi connectivity index (χ1) is 17.6. The molecule has 5 rings (SSSR count). The molecule has 2 aromatic carbocycles. The van der Waals surface area contributed by atoms with Crippen LogP contribution in [0.5, 0.6) is 0 Å². The fourth-order valence-electron chi connectivity index (χ4n) is 3.94. The van der Waals surface area contributed by atoms with E-state index in [0.29, 0.717) is 17.1 Å². The Labute approximate surface area is 218 Å². The van der Waals surface area contributed by atoms with E-state index in [0.717, 1.165) is 16.6 Å². The molecule has 0 saturated heterocycles. The predicted octanol–water partition coefficient (Wildman–Crippen LogP) is 3.15. The van der Waals surface area contributed by atoms with Crippen molar-refractivity contribution >= 4 is 34.8 Å². The fourth-order valence-corrected chi connectivity index (χ4v) is 3.94. The maximum Gasteiger partial charge on any atom is 0.286 e. The highest BCUT2D eigenvalue weighted by molar-refractivity contribution is 6.04. The number of hydrogen-bond acceptors (Lipinski definition) is 8. The Morgan fingerprint density at radius 1 is 1.08 bits per heavy atom. The highest BCUT2D eigenvalue weighted by Crippen LogP contribution is 2.33. The van der Waals surface area contributed by atoms with Gasteiger partial charge in [-0.2, -0.15) is 5.10 Å². The second kappa shape index (κ2) is 11.5. The van der Waals surface area contributed by atoms with Crippen molar-refractivity contribution in [2.75, 3.05) is 18.5 Å². The number of aliphatic imine (C=N–C) groups is 1. The molecule has 1 aliphatic rings. The summed E-state index contributed by atoms with van der Waals surface area (Å²) in [6.45, 7) is -0.484. The Hall–Kier alpha value is -3.83. The number of fused-ring (bicyclic) bond motifs is 1. The van der Waals surface area contributed by atoms with Crippen molar-refractivity contribution in [3.8, 4) is 0 Å². The molecule has 0 amide bonds. The predicted molar refractivity (Wildman–Crippen MR) is 141 cm³/mol. The zero-order valence-corrected chi connectivity index (χ0v) is 20.5. The number of nitrogens with zero attached hydrogens (tertiary/aromatic N) is 4. The summed E-state index contributed by atoms with van der Waals surface area (Å²) in [7, 11) is 0. The van der Waals surface area contributed by atoms with Crippen molar-refractivity contribution in [3.05, 3.63) is 102 Å². The fraction of sp³-hybridized carbons (Fsp3) is 0.192. The van der Waals surface area contributed by atoms with E-state index < -0.39 is 18.6 Å². The van der Waals surface area contributed by atoms with Crippen molar-refractivity contribution in [2.24, 2.45) is 4.99 Å². The minimum absolute atomic E-state index is 0. The molecule has 0 saturated carbocycles. The lowest BCUT2D eigenvalue weighted by Gasteiger charge is -2.32. The lowest BCUT2D eigenvalue weighted by molar-refractivity contribution is -0.103. The van der Waals surface area contributed by atoms with Gasteiger partial charge in [0.1, 0.15) is 23.5 Å². The van der Waals surface area contributed by atoms with Crippen LogP contribution in [0.25, 0.3) is 10.9 Å². The molecule has 11 heteroatoms. The third-order valence-electron chi connectivity index (χ3n) is 5.70. The van der Waals surface area contributed by atoms with E-state index in [1.54, 1.807) is 59.7 Å². The quantitative estimate of drug-likeness (QED) is 0.280. The van der Waals surface area contributed by atoms with Crippen LogP contribution < -0.4 is 10.6 Å². The smallest absolute Gasteiger partial charge is 0.286 e. The van der Waals surface area contributed by atoms with Crippen LogP contribution >= 0.6 is 12.4 Å². The molecule has 2 atom stereocenters.